The fourth-order valence-electron chi connectivity index (χ4n) is 2.02. The molecule has 104 valence electrons. The zero-order valence-electron chi connectivity index (χ0n) is 11.6. The van der Waals surface area contributed by atoms with Crippen LogP contribution in [0.3, 0.4) is 0 Å². The largest absolute Gasteiger partial charge is 0.492 e. The van der Waals surface area contributed by atoms with Gasteiger partial charge in [-0.25, -0.2) is 0 Å². The predicted molar refractivity (Wildman–Crippen MR) is 79.7 cm³/mol. The van der Waals surface area contributed by atoms with Crippen molar-refractivity contribution in [2.75, 3.05) is 6.61 Å². The van der Waals surface area contributed by atoms with Crippen molar-refractivity contribution in [3.63, 3.8) is 0 Å². The summed E-state index contributed by atoms with van der Waals surface area (Å²) in [6, 6.07) is 7.91. The minimum atomic E-state index is -0.270. The highest BCUT2D eigenvalue weighted by atomic mass is 79.9. The molecular weight excluding hydrogens is 306 g/mol. The summed E-state index contributed by atoms with van der Waals surface area (Å²) in [4.78, 5) is 12.5. The van der Waals surface area contributed by atoms with Crippen LogP contribution in [0.15, 0.2) is 24.3 Å². The van der Waals surface area contributed by atoms with Gasteiger partial charge in [-0.15, -0.1) is 0 Å². The summed E-state index contributed by atoms with van der Waals surface area (Å²) in [5, 5.41) is 3.09. The van der Waals surface area contributed by atoms with Crippen LogP contribution in [0.2, 0.25) is 0 Å². The number of rotatable bonds is 3. The van der Waals surface area contributed by atoms with E-state index in [1.807, 2.05) is 45.0 Å². The van der Waals surface area contributed by atoms with E-state index in [-0.39, 0.29) is 22.2 Å². The molecule has 19 heavy (non-hydrogen) atoms. The lowest BCUT2D eigenvalue weighted by atomic mass is 9.94. The first kappa shape index (κ1) is 14.4. The third-order valence-electron chi connectivity index (χ3n) is 3.69. The maximum atomic E-state index is 12.3. The average Bonchev–Trinajstić information content (AvgIpc) is 2.37. The van der Waals surface area contributed by atoms with E-state index in [0.717, 1.165) is 17.7 Å². The van der Waals surface area contributed by atoms with Crippen LogP contribution in [0.4, 0.5) is 0 Å². The Labute approximate surface area is 122 Å². The van der Waals surface area contributed by atoms with Gasteiger partial charge in [0.15, 0.2) is 0 Å². The number of halogens is 1. The molecule has 0 saturated heterocycles. The van der Waals surface area contributed by atoms with Crippen molar-refractivity contribution in [3.8, 4) is 5.75 Å². The predicted octanol–water partition coefficient (Wildman–Crippen LogP) is 2.92. The minimum absolute atomic E-state index is 0.0609. The van der Waals surface area contributed by atoms with Crippen LogP contribution in [0.1, 0.15) is 26.3 Å². The maximum absolute atomic E-state index is 12.3. The molecule has 2 rings (SSSR count). The van der Waals surface area contributed by atoms with Gasteiger partial charge in [0, 0.05) is 10.4 Å². The molecule has 4 heteroatoms. The molecule has 1 amide bonds. The zero-order chi connectivity index (χ0) is 14.0. The van der Waals surface area contributed by atoms with Crippen molar-refractivity contribution < 1.29 is 9.53 Å². The van der Waals surface area contributed by atoms with Crippen molar-refractivity contribution in [1.29, 1.82) is 0 Å². The Balaban J connectivity index is 2.03. The molecule has 2 unspecified atom stereocenters. The summed E-state index contributed by atoms with van der Waals surface area (Å²) >= 11 is 3.53. The molecule has 1 heterocycles. The molecule has 0 saturated carbocycles. The van der Waals surface area contributed by atoms with Crippen molar-refractivity contribution in [3.05, 3.63) is 29.8 Å². The summed E-state index contributed by atoms with van der Waals surface area (Å²) in [6.07, 6.45) is 0.745. The number of carbonyl (C=O) groups is 1. The quantitative estimate of drug-likeness (QED) is 0.868. The molecule has 0 bridgehead atoms. The van der Waals surface area contributed by atoms with Crippen LogP contribution < -0.4 is 10.1 Å². The van der Waals surface area contributed by atoms with E-state index >= 15 is 0 Å². The number of benzene rings is 1. The molecule has 1 aliphatic rings. The number of amides is 1. The molecular formula is C15H20BrNO2. The van der Waals surface area contributed by atoms with E-state index < -0.39 is 0 Å². The van der Waals surface area contributed by atoms with E-state index in [2.05, 4.69) is 21.2 Å². The lowest BCUT2D eigenvalue weighted by Crippen LogP contribution is -2.52. The van der Waals surface area contributed by atoms with Crippen LogP contribution in [-0.4, -0.2) is 22.9 Å². The third kappa shape index (κ3) is 3.30. The Hall–Kier alpha value is -1.03. The second-order valence-corrected chi connectivity index (χ2v) is 7.02. The minimum Gasteiger partial charge on any atom is -0.492 e. The third-order valence-corrected chi connectivity index (χ3v) is 4.83. The molecule has 2 atom stereocenters. The molecule has 0 radical (unpaired) electrons. The van der Waals surface area contributed by atoms with Gasteiger partial charge < -0.3 is 10.1 Å². The van der Waals surface area contributed by atoms with Crippen LogP contribution in [-0.2, 0) is 11.2 Å². The number of hydrogen-bond donors (Lipinski definition) is 1. The number of para-hydroxylation sites is 1. The highest BCUT2D eigenvalue weighted by molar-refractivity contribution is 9.09. The van der Waals surface area contributed by atoms with Crippen molar-refractivity contribution in [2.45, 2.75) is 37.6 Å². The van der Waals surface area contributed by atoms with E-state index in [9.17, 15) is 4.79 Å². The van der Waals surface area contributed by atoms with E-state index in [1.165, 1.54) is 0 Å². The van der Waals surface area contributed by atoms with Crippen molar-refractivity contribution in [1.82, 2.24) is 5.32 Å². The van der Waals surface area contributed by atoms with Crippen LogP contribution >= 0.6 is 15.9 Å². The summed E-state index contributed by atoms with van der Waals surface area (Å²) in [5.74, 6) is 0.853. The molecule has 3 nitrogen and oxygen atoms in total. The van der Waals surface area contributed by atoms with Crippen LogP contribution in [0.5, 0.6) is 5.75 Å². The summed E-state index contributed by atoms with van der Waals surface area (Å²) in [6.45, 7) is 6.52. The molecule has 0 spiro atoms. The first-order valence-corrected chi connectivity index (χ1v) is 7.48. The number of alkyl halides is 1. The van der Waals surface area contributed by atoms with Gasteiger partial charge in [-0.1, -0.05) is 41.1 Å². The Bertz CT molecular complexity index is 471. The number of hydrogen-bond acceptors (Lipinski definition) is 2. The highest BCUT2D eigenvalue weighted by Crippen LogP contribution is 2.27. The standard InChI is InChI=1S/C15H20BrNO2/c1-10(16)15(2,3)17-14(18)12-8-11-6-4-5-7-13(11)19-9-12/h4-7,10,12H,8-9H2,1-3H3,(H,17,18). The van der Waals surface area contributed by atoms with Gasteiger partial charge >= 0.3 is 0 Å². The second-order valence-electron chi connectivity index (χ2n) is 5.65. The number of nitrogens with one attached hydrogen (secondary N) is 1. The van der Waals surface area contributed by atoms with Gasteiger partial charge in [0.25, 0.3) is 0 Å². The fourth-order valence-corrected chi connectivity index (χ4v) is 2.13. The smallest absolute Gasteiger partial charge is 0.227 e. The first-order valence-electron chi connectivity index (χ1n) is 6.57. The van der Waals surface area contributed by atoms with Gasteiger partial charge in [-0.3, -0.25) is 4.79 Å². The Morgan fingerprint density at radius 3 is 2.84 bits per heavy atom. The topological polar surface area (TPSA) is 38.3 Å². The molecule has 1 aliphatic heterocycles. The summed E-state index contributed by atoms with van der Waals surface area (Å²) in [5.41, 5.74) is 0.840. The van der Waals surface area contributed by atoms with Gasteiger partial charge in [-0.2, -0.15) is 0 Å². The van der Waals surface area contributed by atoms with Gasteiger partial charge in [-0.05, 0) is 31.9 Å². The maximum Gasteiger partial charge on any atom is 0.227 e. The summed E-state index contributed by atoms with van der Waals surface area (Å²) < 4.78 is 5.66. The Morgan fingerprint density at radius 2 is 2.16 bits per heavy atom. The molecule has 1 aromatic rings. The number of ether oxygens (including phenoxy) is 1. The van der Waals surface area contributed by atoms with Gasteiger partial charge in [0.2, 0.25) is 5.91 Å². The fraction of sp³-hybridized carbons (Fsp3) is 0.533. The van der Waals surface area contributed by atoms with E-state index in [1.54, 1.807) is 0 Å². The van der Waals surface area contributed by atoms with E-state index in [4.69, 9.17) is 4.74 Å². The summed E-state index contributed by atoms with van der Waals surface area (Å²) in [7, 11) is 0. The first-order chi connectivity index (χ1) is 8.90. The molecule has 0 aromatic heterocycles. The SMILES string of the molecule is CC(Br)C(C)(C)NC(=O)C1COc2ccccc2C1. The Morgan fingerprint density at radius 1 is 1.47 bits per heavy atom. The average molecular weight is 326 g/mol. The number of fused-ring (bicyclic) bond motifs is 1. The normalized spacial score (nSPS) is 20.1. The monoisotopic (exact) mass is 325 g/mol. The van der Waals surface area contributed by atoms with Crippen molar-refractivity contribution >= 4 is 21.8 Å². The van der Waals surface area contributed by atoms with Gasteiger partial charge in [0.1, 0.15) is 12.4 Å². The van der Waals surface area contributed by atoms with E-state index in [0.29, 0.717) is 6.61 Å². The van der Waals surface area contributed by atoms with Gasteiger partial charge in [0.05, 0.1) is 5.92 Å². The van der Waals surface area contributed by atoms with Crippen molar-refractivity contribution in [2.24, 2.45) is 5.92 Å². The highest BCUT2D eigenvalue weighted by Gasteiger charge is 2.31. The Kier molecular flexibility index (Phi) is 4.19. The number of carbonyl (C=O) groups excluding carboxylic acids is 1. The lowest BCUT2D eigenvalue weighted by Gasteiger charge is -2.32. The van der Waals surface area contributed by atoms with Crippen LogP contribution in [0, 0.1) is 5.92 Å². The zero-order valence-corrected chi connectivity index (χ0v) is 13.2. The lowest BCUT2D eigenvalue weighted by molar-refractivity contribution is -0.127. The molecule has 0 fully saturated rings. The molecule has 1 aromatic carbocycles. The van der Waals surface area contributed by atoms with Crippen LogP contribution in [0.25, 0.3) is 0 Å². The molecule has 0 aliphatic carbocycles. The second kappa shape index (κ2) is 5.53. The molecule has 1 N–H and O–H groups in total.